The summed E-state index contributed by atoms with van der Waals surface area (Å²) in [5.74, 6) is 0.833. The van der Waals surface area contributed by atoms with Crippen LogP contribution in [0.25, 0.3) is 11.4 Å². The molecule has 0 bridgehead atoms. The van der Waals surface area contributed by atoms with Crippen LogP contribution < -0.4 is 10.8 Å². The smallest absolute Gasteiger partial charge is 0.334 e. The van der Waals surface area contributed by atoms with E-state index in [0.29, 0.717) is 12.3 Å². The highest BCUT2D eigenvalue weighted by Gasteiger charge is 2.06. The van der Waals surface area contributed by atoms with Gasteiger partial charge in [-0.25, -0.2) is 15.3 Å². The Morgan fingerprint density at radius 3 is 2.75 bits per heavy atom. The lowest BCUT2D eigenvalue weighted by Crippen LogP contribution is -2.28. The number of aryl methyl sites for hydroxylation is 1. The van der Waals surface area contributed by atoms with Gasteiger partial charge in [0.05, 0.1) is 6.61 Å². The van der Waals surface area contributed by atoms with Gasteiger partial charge in [-0.15, -0.1) is 0 Å². The lowest BCUT2D eigenvalue weighted by molar-refractivity contribution is 0.0536. The molecule has 0 unspecified atom stereocenters. The highest BCUT2D eigenvalue weighted by Crippen LogP contribution is 2.20. The van der Waals surface area contributed by atoms with Crippen molar-refractivity contribution in [3.8, 4) is 11.4 Å². The van der Waals surface area contributed by atoms with Gasteiger partial charge in [-0.1, -0.05) is 42.5 Å². The first-order valence-corrected chi connectivity index (χ1v) is 7.53. The van der Waals surface area contributed by atoms with Crippen LogP contribution in [0.3, 0.4) is 0 Å². The number of hydrogen-bond donors (Lipinski definition) is 2. The standard InChI is InChI=1S/C18H18N4O2/c1-22-11-10-19-17(22)15-8-5-9-16(12-15)20-18(23)21-24-13-14-6-3-2-4-7-14/h2-12H,13H2,1H3,(H2,20,21,23). The number of urea groups is 1. The summed E-state index contributed by atoms with van der Waals surface area (Å²) in [6.45, 7) is 0.307. The van der Waals surface area contributed by atoms with Gasteiger partial charge in [0.25, 0.3) is 0 Å². The molecule has 0 saturated carbocycles. The van der Waals surface area contributed by atoms with Crippen LogP contribution in [0.1, 0.15) is 5.56 Å². The Bertz CT molecular complexity index is 815. The van der Waals surface area contributed by atoms with Crippen molar-refractivity contribution in [3.63, 3.8) is 0 Å². The van der Waals surface area contributed by atoms with E-state index < -0.39 is 6.03 Å². The molecule has 6 heteroatoms. The summed E-state index contributed by atoms with van der Waals surface area (Å²) in [6, 6.07) is 16.7. The number of carbonyl (C=O) groups is 1. The van der Waals surface area contributed by atoms with Gasteiger partial charge in [0, 0.05) is 30.7 Å². The number of carbonyl (C=O) groups excluding carboxylic acids is 1. The normalized spacial score (nSPS) is 10.4. The minimum Gasteiger partial charge on any atom is -0.334 e. The van der Waals surface area contributed by atoms with Gasteiger partial charge in [-0.3, -0.25) is 4.84 Å². The topological polar surface area (TPSA) is 68.2 Å². The third-order valence-electron chi connectivity index (χ3n) is 3.45. The van der Waals surface area contributed by atoms with Crippen molar-refractivity contribution < 1.29 is 9.63 Å². The largest absolute Gasteiger partial charge is 0.343 e. The molecule has 0 spiro atoms. The second-order valence-corrected chi connectivity index (χ2v) is 5.27. The summed E-state index contributed by atoms with van der Waals surface area (Å²) in [6.07, 6.45) is 3.61. The van der Waals surface area contributed by atoms with Crippen LogP contribution in [0.4, 0.5) is 10.5 Å². The van der Waals surface area contributed by atoms with Crippen molar-refractivity contribution >= 4 is 11.7 Å². The summed E-state index contributed by atoms with van der Waals surface area (Å²) in [5.41, 5.74) is 4.94. The van der Waals surface area contributed by atoms with Gasteiger partial charge in [0.1, 0.15) is 5.82 Å². The lowest BCUT2D eigenvalue weighted by Gasteiger charge is -2.09. The summed E-state index contributed by atoms with van der Waals surface area (Å²) < 4.78 is 1.92. The first-order chi connectivity index (χ1) is 11.7. The summed E-state index contributed by atoms with van der Waals surface area (Å²) in [5, 5.41) is 2.74. The Balaban J connectivity index is 1.56. The average molecular weight is 322 g/mol. The van der Waals surface area contributed by atoms with E-state index in [2.05, 4.69) is 15.8 Å². The zero-order chi connectivity index (χ0) is 16.8. The summed E-state index contributed by atoms with van der Waals surface area (Å²) in [4.78, 5) is 21.4. The molecule has 0 fully saturated rings. The van der Waals surface area contributed by atoms with E-state index in [1.54, 1.807) is 6.20 Å². The van der Waals surface area contributed by atoms with E-state index in [1.807, 2.05) is 72.4 Å². The molecule has 6 nitrogen and oxygen atoms in total. The maximum atomic E-state index is 11.9. The Hall–Kier alpha value is -3.12. The van der Waals surface area contributed by atoms with Crippen molar-refractivity contribution in [1.82, 2.24) is 15.0 Å². The number of benzene rings is 2. The quantitative estimate of drug-likeness (QED) is 0.708. The van der Waals surface area contributed by atoms with Crippen LogP contribution in [0.2, 0.25) is 0 Å². The molecule has 3 aromatic rings. The van der Waals surface area contributed by atoms with Gasteiger partial charge in [0.2, 0.25) is 0 Å². The van der Waals surface area contributed by atoms with Crippen molar-refractivity contribution in [3.05, 3.63) is 72.6 Å². The molecule has 0 atom stereocenters. The van der Waals surface area contributed by atoms with Crippen LogP contribution >= 0.6 is 0 Å². The number of aromatic nitrogens is 2. The van der Waals surface area contributed by atoms with Crippen molar-refractivity contribution in [2.45, 2.75) is 6.61 Å². The number of amides is 2. The Kier molecular flexibility index (Phi) is 4.88. The monoisotopic (exact) mass is 322 g/mol. The van der Waals surface area contributed by atoms with E-state index in [-0.39, 0.29) is 0 Å². The number of hydroxylamine groups is 1. The zero-order valence-corrected chi connectivity index (χ0v) is 13.3. The summed E-state index contributed by atoms with van der Waals surface area (Å²) >= 11 is 0. The minimum absolute atomic E-state index is 0.307. The minimum atomic E-state index is -0.428. The number of imidazole rings is 1. The van der Waals surface area contributed by atoms with Gasteiger partial charge in [-0.2, -0.15) is 0 Å². The van der Waals surface area contributed by atoms with Gasteiger partial charge in [0.15, 0.2) is 0 Å². The van der Waals surface area contributed by atoms with Crippen molar-refractivity contribution in [2.24, 2.45) is 7.05 Å². The molecule has 1 heterocycles. The molecule has 0 aliphatic rings. The first kappa shape index (κ1) is 15.8. The fraction of sp³-hybridized carbons (Fsp3) is 0.111. The molecule has 2 amide bonds. The fourth-order valence-corrected chi connectivity index (χ4v) is 2.30. The van der Waals surface area contributed by atoms with Crippen LogP contribution in [0.5, 0.6) is 0 Å². The third-order valence-corrected chi connectivity index (χ3v) is 3.45. The molecule has 24 heavy (non-hydrogen) atoms. The van der Waals surface area contributed by atoms with Gasteiger partial charge >= 0.3 is 6.03 Å². The molecule has 0 aliphatic carbocycles. The van der Waals surface area contributed by atoms with E-state index in [9.17, 15) is 4.79 Å². The number of rotatable bonds is 5. The molecule has 1 aromatic heterocycles. The maximum Gasteiger partial charge on any atom is 0.343 e. The highest BCUT2D eigenvalue weighted by atomic mass is 16.7. The van der Waals surface area contributed by atoms with E-state index >= 15 is 0 Å². The lowest BCUT2D eigenvalue weighted by atomic mass is 10.2. The second kappa shape index (κ2) is 7.43. The maximum absolute atomic E-state index is 11.9. The number of hydrogen-bond acceptors (Lipinski definition) is 3. The van der Waals surface area contributed by atoms with E-state index in [0.717, 1.165) is 17.0 Å². The predicted molar refractivity (Wildman–Crippen MR) is 92.0 cm³/mol. The van der Waals surface area contributed by atoms with E-state index in [4.69, 9.17) is 4.84 Å². The molecular weight excluding hydrogens is 304 g/mol. The Morgan fingerprint density at radius 2 is 2.00 bits per heavy atom. The molecule has 0 saturated heterocycles. The van der Waals surface area contributed by atoms with E-state index in [1.165, 1.54) is 0 Å². The molecule has 0 aliphatic heterocycles. The number of nitrogens with one attached hydrogen (secondary N) is 2. The predicted octanol–water partition coefficient (Wildman–Crippen LogP) is 3.34. The van der Waals surface area contributed by atoms with Gasteiger partial charge < -0.3 is 9.88 Å². The van der Waals surface area contributed by atoms with Gasteiger partial charge in [-0.05, 0) is 17.7 Å². The van der Waals surface area contributed by atoms with Crippen molar-refractivity contribution in [1.29, 1.82) is 0 Å². The third kappa shape index (κ3) is 3.99. The van der Waals surface area contributed by atoms with Crippen LogP contribution in [-0.4, -0.2) is 15.6 Å². The Morgan fingerprint density at radius 1 is 1.17 bits per heavy atom. The zero-order valence-electron chi connectivity index (χ0n) is 13.3. The first-order valence-electron chi connectivity index (χ1n) is 7.53. The van der Waals surface area contributed by atoms with Crippen LogP contribution in [0, 0.1) is 0 Å². The molecule has 122 valence electrons. The second-order valence-electron chi connectivity index (χ2n) is 5.27. The summed E-state index contributed by atoms with van der Waals surface area (Å²) in [7, 11) is 1.92. The SMILES string of the molecule is Cn1ccnc1-c1cccc(NC(=O)NOCc2ccccc2)c1. The molecule has 3 rings (SSSR count). The molecular formula is C18H18N4O2. The molecule has 2 N–H and O–H groups in total. The number of anilines is 1. The van der Waals surface area contributed by atoms with Crippen LogP contribution in [0.15, 0.2) is 67.0 Å². The average Bonchev–Trinajstić information content (AvgIpc) is 3.02. The fourth-order valence-electron chi connectivity index (χ4n) is 2.30. The van der Waals surface area contributed by atoms with Crippen molar-refractivity contribution in [2.75, 3.05) is 5.32 Å². The number of nitrogens with zero attached hydrogens (tertiary/aromatic N) is 2. The van der Waals surface area contributed by atoms with Crippen LogP contribution in [-0.2, 0) is 18.5 Å². The Labute approximate surface area is 140 Å². The highest BCUT2D eigenvalue weighted by molar-refractivity contribution is 5.89. The molecule has 2 aromatic carbocycles. The molecule has 0 radical (unpaired) electrons.